The number of rotatable bonds is 2. The maximum absolute atomic E-state index is 6.17. The fraction of sp³-hybridized carbons (Fsp3) is 0.938. The van der Waals surface area contributed by atoms with Crippen molar-refractivity contribution in [3.8, 4) is 0 Å². The van der Waals surface area contributed by atoms with Gasteiger partial charge in [0.1, 0.15) is 0 Å². The molecule has 3 fully saturated rings. The molecule has 5 nitrogen and oxygen atoms in total. The van der Waals surface area contributed by atoms with Crippen LogP contribution in [0.4, 0.5) is 0 Å². The number of ether oxygens (including phenoxy) is 1. The lowest BCUT2D eigenvalue weighted by molar-refractivity contribution is -0.0703. The van der Waals surface area contributed by atoms with Gasteiger partial charge in [-0.25, -0.2) is 0 Å². The number of fused-ring (bicyclic) bond motifs is 1. The predicted octanol–water partition coefficient (Wildman–Crippen LogP) is 1.29. The normalized spacial score (nSPS) is 35.6. The van der Waals surface area contributed by atoms with Crippen LogP contribution in [0.3, 0.4) is 0 Å². The maximum atomic E-state index is 6.17. The molecule has 0 aromatic carbocycles. The number of hydrogen-bond acceptors (Lipinski definition) is 3. The zero-order valence-electron chi connectivity index (χ0n) is 13.3. The first-order valence-electron chi connectivity index (χ1n) is 8.63. The molecule has 5 heteroatoms. The van der Waals surface area contributed by atoms with Crippen molar-refractivity contribution in [2.45, 2.75) is 51.2 Å². The molecule has 120 valence electrons. The standard InChI is InChI=1S/C16H30N4O/c1-13-5-4-8-20(10-13)16(17)18-9-15-11-19-7-3-2-6-14(19)12-21-15/h13-15H,2-12H2,1H3,(H2,17,18)/t13-,14+,15-/m0/s1. The summed E-state index contributed by atoms with van der Waals surface area (Å²) in [4.78, 5) is 9.44. The highest BCUT2D eigenvalue weighted by atomic mass is 16.5. The molecule has 0 bridgehead atoms. The van der Waals surface area contributed by atoms with E-state index >= 15 is 0 Å². The highest BCUT2D eigenvalue weighted by Crippen LogP contribution is 2.22. The molecule has 3 rings (SSSR count). The van der Waals surface area contributed by atoms with Gasteiger partial charge < -0.3 is 15.4 Å². The SMILES string of the molecule is C[C@H]1CCCN(C(N)=NC[C@H]2CN3CCCC[C@@H]3CO2)C1. The molecule has 3 saturated heterocycles. The minimum Gasteiger partial charge on any atom is -0.373 e. The molecule has 3 heterocycles. The quantitative estimate of drug-likeness (QED) is 0.616. The Kier molecular flexibility index (Phi) is 5.01. The van der Waals surface area contributed by atoms with Crippen LogP contribution in [0.2, 0.25) is 0 Å². The van der Waals surface area contributed by atoms with Crippen LogP contribution >= 0.6 is 0 Å². The van der Waals surface area contributed by atoms with Crippen LogP contribution in [-0.2, 0) is 4.74 Å². The van der Waals surface area contributed by atoms with Gasteiger partial charge in [0.2, 0.25) is 0 Å². The van der Waals surface area contributed by atoms with E-state index in [2.05, 4.69) is 21.7 Å². The van der Waals surface area contributed by atoms with Gasteiger partial charge in [-0.3, -0.25) is 9.89 Å². The van der Waals surface area contributed by atoms with Gasteiger partial charge in [-0.2, -0.15) is 0 Å². The van der Waals surface area contributed by atoms with Crippen molar-refractivity contribution in [1.82, 2.24) is 9.80 Å². The Hall–Kier alpha value is -0.810. The van der Waals surface area contributed by atoms with Crippen LogP contribution in [0, 0.1) is 5.92 Å². The first kappa shape index (κ1) is 15.1. The molecule has 0 aromatic heterocycles. The smallest absolute Gasteiger partial charge is 0.191 e. The van der Waals surface area contributed by atoms with Crippen molar-refractivity contribution in [2.75, 3.05) is 39.3 Å². The second-order valence-corrected chi connectivity index (χ2v) is 6.99. The molecule has 3 aliphatic heterocycles. The Morgan fingerprint density at radius 1 is 1.19 bits per heavy atom. The number of nitrogens with zero attached hydrogens (tertiary/aromatic N) is 3. The minimum atomic E-state index is 0.222. The summed E-state index contributed by atoms with van der Waals surface area (Å²) in [7, 11) is 0. The van der Waals surface area contributed by atoms with Crippen LogP contribution in [0.25, 0.3) is 0 Å². The molecule has 0 aliphatic carbocycles. The second-order valence-electron chi connectivity index (χ2n) is 6.99. The van der Waals surface area contributed by atoms with Crippen molar-refractivity contribution in [1.29, 1.82) is 0 Å². The molecular formula is C16H30N4O. The average molecular weight is 294 g/mol. The van der Waals surface area contributed by atoms with Crippen molar-refractivity contribution in [3.63, 3.8) is 0 Å². The second kappa shape index (κ2) is 6.97. The first-order chi connectivity index (χ1) is 10.2. The highest BCUT2D eigenvalue weighted by molar-refractivity contribution is 5.78. The molecule has 3 atom stereocenters. The summed E-state index contributed by atoms with van der Waals surface area (Å²) in [6.45, 7) is 8.24. The van der Waals surface area contributed by atoms with Gasteiger partial charge in [0.25, 0.3) is 0 Å². The van der Waals surface area contributed by atoms with E-state index in [1.807, 2.05) is 0 Å². The van der Waals surface area contributed by atoms with E-state index in [9.17, 15) is 0 Å². The maximum Gasteiger partial charge on any atom is 0.191 e. The van der Waals surface area contributed by atoms with Crippen LogP contribution in [0.15, 0.2) is 4.99 Å². The average Bonchev–Trinajstić information content (AvgIpc) is 2.52. The fourth-order valence-corrected chi connectivity index (χ4v) is 3.85. The number of hydrogen-bond donors (Lipinski definition) is 1. The van der Waals surface area contributed by atoms with Crippen LogP contribution in [0.1, 0.15) is 39.0 Å². The lowest BCUT2D eigenvalue weighted by Gasteiger charge is -2.42. The summed E-state index contributed by atoms with van der Waals surface area (Å²) < 4.78 is 5.98. The lowest BCUT2D eigenvalue weighted by atomic mass is 10.0. The van der Waals surface area contributed by atoms with E-state index in [4.69, 9.17) is 10.5 Å². The van der Waals surface area contributed by atoms with Crippen molar-refractivity contribution in [2.24, 2.45) is 16.6 Å². The summed E-state index contributed by atoms with van der Waals surface area (Å²) in [5.74, 6) is 1.44. The number of aliphatic imine (C=N–C) groups is 1. The van der Waals surface area contributed by atoms with Gasteiger partial charge >= 0.3 is 0 Å². The van der Waals surface area contributed by atoms with Gasteiger partial charge in [-0.15, -0.1) is 0 Å². The largest absolute Gasteiger partial charge is 0.373 e. The molecule has 0 radical (unpaired) electrons. The minimum absolute atomic E-state index is 0.222. The summed E-state index contributed by atoms with van der Waals surface area (Å²) in [6.07, 6.45) is 6.75. The van der Waals surface area contributed by atoms with E-state index < -0.39 is 0 Å². The summed E-state index contributed by atoms with van der Waals surface area (Å²) in [5, 5.41) is 0. The third-order valence-electron chi connectivity index (χ3n) is 5.15. The zero-order valence-corrected chi connectivity index (χ0v) is 13.3. The van der Waals surface area contributed by atoms with E-state index in [0.29, 0.717) is 18.5 Å². The fourth-order valence-electron chi connectivity index (χ4n) is 3.85. The predicted molar refractivity (Wildman–Crippen MR) is 85.4 cm³/mol. The van der Waals surface area contributed by atoms with Gasteiger partial charge in [-0.1, -0.05) is 13.3 Å². The molecule has 0 spiro atoms. The highest BCUT2D eigenvalue weighted by Gasteiger charge is 2.30. The topological polar surface area (TPSA) is 54.1 Å². The van der Waals surface area contributed by atoms with Gasteiger partial charge in [0, 0.05) is 25.7 Å². The van der Waals surface area contributed by atoms with E-state index in [0.717, 1.165) is 32.2 Å². The Balaban J connectivity index is 1.48. The van der Waals surface area contributed by atoms with Crippen molar-refractivity contribution < 1.29 is 4.74 Å². The number of likely N-dealkylation sites (tertiary alicyclic amines) is 1. The summed E-state index contributed by atoms with van der Waals surface area (Å²) >= 11 is 0. The molecular weight excluding hydrogens is 264 g/mol. The van der Waals surface area contributed by atoms with Gasteiger partial charge in [-0.05, 0) is 38.1 Å². The zero-order chi connectivity index (χ0) is 14.7. The van der Waals surface area contributed by atoms with Crippen molar-refractivity contribution in [3.05, 3.63) is 0 Å². The third kappa shape index (κ3) is 3.89. The van der Waals surface area contributed by atoms with Crippen molar-refractivity contribution >= 4 is 5.96 Å². The van der Waals surface area contributed by atoms with E-state index in [1.54, 1.807) is 0 Å². The summed E-state index contributed by atoms with van der Waals surface area (Å²) in [6, 6.07) is 0.652. The van der Waals surface area contributed by atoms with Gasteiger partial charge in [0.05, 0.1) is 19.3 Å². The Bertz CT molecular complexity index is 373. The Labute approximate surface area is 128 Å². The van der Waals surface area contributed by atoms with E-state index in [1.165, 1.54) is 38.6 Å². The Morgan fingerprint density at radius 2 is 2.10 bits per heavy atom. The van der Waals surface area contributed by atoms with Crippen LogP contribution < -0.4 is 5.73 Å². The molecule has 0 unspecified atom stereocenters. The molecule has 2 N–H and O–H groups in total. The molecule has 3 aliphatic rings. The lowest BCUT2D eigenvalue weighted by Crippen LogP contribution is -2.52. The number of nitrogens with two attached hydrogens (primary N) is 1. The van der Waals surface area contributed by atoms with Crippen LogP contribution in [0.5, 0.6) is 0 Å². The number of piperidine rings is 2. The number of morpholine rings is 1. The molecule has 0 saturated carbocycles. The summed E-state index contributed by atoms with van der Waals surface area (Å²) in [5.41, 5.74) is 6.17. The third-order valence-corrected chi connectivity index (χ3v) is 5.15. The first-order valence-corrected chi connectivity index (χ1v) is 8.63. The Morgan fingerprint density at radius 3 is 2.95 bits per heavy atom. The van der Waals surface area contributed by atoms with Crippen LogP contribution in [-0.4, -0.2) is 67.2 Å². The molecule has 21 heavy (non-hydrogen) atoms. The molecule has 0 aromatic rings. The molecule has 0 amide bonds. The van der Waals surface area contributed by atoms with Gasteiger partial charge in [0.15, 0.2) is 5.96 Å². The number of guanidine groups is 1. The van der Waals surface area contributed by atoms with E-state index in [-0.39, 0.29) is 6.10 Å². The monoisotopic (exact) mass is 294 g/mol.